The number of nitrogens with one attached hydrogen (secondary N) is 1. The first-order chi connectivity index (χ1) is 22.3. The highest BCUT2D eigenvalue weighted by Gasteiger charge is 2.39. The second kappa shape index (κ2) is 12.4. The molecular weight excluding hydrogens is 626 g/mol. The molecule has 2 unspecified atom stereocenters. The van der Waals surface area contributed by atoms with Crippen LogP contribution in [0.2, 0.25) is 0 Å². The third-order valence-corrected chi connectivity index (χ3v) is 8.82. The Bertz CT molecular complexity index is 1830. The van der Waals surface area contributed by atoms with Crippen LogP contribution in [0.3, 0.4) is 0 Å². The van der Waals surface area contributed by atoms with Gasteiger partial charge in [0.1, 0.15) is 17.5 Å². The van der Waals surface area contributed by atoms with Crippen molar-refractivity contribution >= 4 is 28.6 Å². The number of piperidine rings is 1. The third-order valence-electron chi connectivity index (χ3n) is 8.82. The molecule has 0 radical (unpaired) electrons. The zero-order valence-corrected chi connectivity index (χ0v) is 24.9. The number of halogens is 4. The van der Waals surface area contributed by atoms with E-state index in [0.29, 0.717) is 60.3 Å². The molecular formula is C31H31F4N7O5. The van der Waals surface area contributed by atoms with Gasteiger partial charge in [0.05, 0.1) is 24.0 Å². The fraction of sp³-hybridized carbons (Fsp3) is 0.387. The molecule has 16 heteroatoms. The summed E-state index contributed by atoms with van der Waals surface area (Å²) in [6, 6.07) is 14.7. The van der Waals surface area contributed by atoms with Crippen LogP contribution in [0.5, 0.6) is 0 Å². The summed E-state index contributed by atoms with van der Waals surface area (Å²) >= 11 is 0. The average molecular weight is 658 g/mol. The van der Waals surface area contributed by atoms with Crippen molar-refractivity contribution in [1.82, 2.24) is 29.5 Å². The van der Waals surface area contributed by atoms with Gasteiger partial charge in [-0.1, -0.05) is 0 Å². The Morgan fingerprint density at radius 2 is 1.66 bits per heavy atom. The monoisotopic (exact) mass is 657 g/mol. The molecule has 2 aromatic carbocycles. The second-order valence-corrected chi connectivity index (χ2v) is 12.0. The maximum Gasteiger partial charge on any atom is 0.490 e. The summed E-state index contributed by atoms with van der Waals surface area (Å²) < 4.78 is 47.9. The van der Waals surface area contributed by atoms with Gasteiger partial charge in [-0.05, 0) is 67.8 Å². The zero-order chi connectivity index (χ0) is 33.5. The number of anilines is 1. The molecule has 3 fully saturated rings. The van der Waals surface area contributed by atoms with E-state index in [1.54, 1.807) is 17.0 Å². The molecule has 2 atom stereocenters. The standard InChI is InChI=1S/C29H30FN7O3.C2HF3O2/c30-20-3-7-23(8-4-20)37-26-25(15-33-37)28(39)35(18-32-26)17-29(40)9-11-34(12-10-29)27(38)19-1-5-22(6-2-19)36-16-21-13-24(36)14-31-21;3-2(4,5)1(6)7/h1-8,15,18,21,24,31,40H,9-14,16-17H2;(H,6,7). The number of piperazine rings is 1. The number of carbonyl (C=O) groups is 2. The van der Waals surface area contributed by atoms with Gasteiger partial charge in [-0.25, -0.2) is 18.9 Å². The molecule has 3 saturated heterocycles. The van der Waals surface area contributed by atoms with Crippen molar-refractivity contribution in [2.45, 2.75) is 49.7 Å². The van der Waals surface area contributed by atoms with E-state index in [-0.39, 0.29) is 23.8 Å². The van der Waals surface area contributed by atoms with E-state index in [4.69, 9.17) is 9.90 Å². The first kappa shape index (κ1) is 32.1. The van der Waals surface area contributed by atoms with Crippen molar-refractivity contribution in [2.75, 3.05) is 31.1 Å². The van der Waals surface area contributed by atoms with Gasteiger partial charge in [0.2, 0.25) is 0 Å². The molecule has 3 N–H and O–H groups in total. The fourth-order valence-corrected chi connectivity index (χ4v) is 6.29. The molecule has 3 aliphatic heterocycles. The van der Waals surface area contributed by atoms with Crippen molar-refractivity contribution in [2.24, 2.45) is 0 Å². The second-order valence-electron chi connectivity index (χ2n) is 12.0. The van der Waals surface area contributed by atoms with Gasteiger partial charge in [-0.15, -0.1) is 0 Å². The number of carboxylic acids is 1. The van der Waals surface area contributed by atoms with E-state index in [0.717, 1.165) is 18.8 Å². The molecule has 5 heterocycles. The van der Waals surface area contributed by atoms with Crippen LogP contribution >= 0.6 is 0 Å². The number of fused-ring (bicyclic) bond motifs is 3. The molecule has 0 aliphatic carbocycles. The Morgan fingerprint density at radius 3 is 2.23 bits per heavy atom. The third kappa shape index (κ3) is 6.69. The average Bonchev–Trinajstić information content (AvgIpc) is 3.80. The van der Waals surface area contributed by atoms with E-state index in [2.05, 4.69) is 20.3 Å². The van der Waals surface area contributed by atoms with E-state index in [1.165, 1.54) is 40.3 Å². The van der Waals surface area contributed by atoms with Gasteiger partial charge in [0.15, 0.2) is 5.65 Å². The van der Waals surface area contributed by atoms with Crippen molar-refractivity contribution in [3.05, 3.63) is 82.8 Å². The van der Waals surface area contributed by atoms with Crippen molar-refractivity contribution in [3.8, 4) is 5.69 Å². The van der Waals surface area contributed by atoms with Crippen molar-refractivity contribution in [3.63, 3.8) is 0 Å². The molecule has 4 aromatic rings. The SMILES string of the molecule is O=C(O)C(F)(F)F.O=C(c1ccc(N2CC3CC2CN3)cc1)N1CCC(O)(Cn2cnc3c(cnn3-c3ccc(F)cc3)c2=O)CC1. The minimum absolute atomic E-state index is 0.0494. The van der Waals surface area contributed by atoms with Crippen LogP contribution in [0.1, 0.15) is 29.6 Å². The lowest BCUT2D eigenvalue weighted by molar-refractivity contribution is -0.192. The fourth-order valence-electron chi connectivity index (χ4n) is 6.29. The number of alkyl halides is 3. The van der Waals surface area contributed by atoms with Crippen LogP contribution in [0.15, 0.2) is 65.8 Å². The Balaban J connectivity index is 0.000000499. The number of rotatable bonds is 5. The molecule has 3 aliphatic rings. The molecule has 12 nitrogen and oxygen atoms in total. The number of amides is 1. The normalized spacial score (nSPS) is 20.3. The predicted octanol–water partition coefficient (Wildman–Crippen LogP) is 2.57. The summed E-state index contributed by atoms with van der Waals surface area (Å²) in [4.78, 5) is 43.9. The number of nitrogens with zero attached hydrogens (tertiary/aromatic N) is 6. The van der Waals surface area contributed by atoms with Crippen LogP contribution in [0, 0.1) is 5.82 Å². The summed E-state index contributed by atoms with van der Waals surface area (Å²) in [6.45, 7) is 2.87. The van der Waals surface area contributed by atoms with Crippen molar-refractivity contribution in [1.29, 1.82) is 0 Å². The van der Waals surface area contributed by atoms with E-state index in [1.807, 2.05) is 24.3 Å². The molecule has 248 valence electrons. The number of benzene rings is 2. The van der Waals surface area contributed by atoms with Crippen LogP contribution in [0.25, 0.3) is 16.7 Å². The van der Waals surface area contributed by atoms with Crippen LogP contribution < -0.4 is 15.8 Å². The molecule has 0 saturated carbocycles. The highest BCUT2D eigenvalue weighted by Crippen LogP contribution is 2.30. The largest absolute Gasteiger partial charge is 0.490 e. The maximum atomic E-state index is 13.3. The topological polar surface area (TPSA) is 146 Å². The summed E-state index contributed by atoms with van der Waals surface area (Å²) in [6.07, 6.45) is -0.370. The number of hydrogen-bond acceptors (Lipinski definition) is 8. The van der Waals surface area contributed by atoms with Gasteiger partial charge >= 0.3 is 12.1 Å². The predicted molar refractivity (Wildman–Crippen MR) is 161 cm³/mol. The van der Waals surface area contributed by atoms with Gasteiger partial charge in [0.25, 0.3) is 11.5 Å². The number of aliphatic hydroxyl groups is 1. The molecule has 7 rings (SSSR count). The lowest BCUT2D eigenvalue weighted by Gasteiger charge is -2.38. The van der Waals surface area contributed by atoms with Crippen molar-refractivity contribution < 1.29 is 37.4 Å². The Morgan fingerprint density at radius 1 is 1.02 bits per heavy atom. The first-order valence-electron chi connectivity index (χ1n) is 14.9. The molecule has 2 aromatic heterocycles. The molecule has 1 amide bonds. The van der Waals surface area contributed by atoms with E-state index >= 15 is 0 Å². The molecule has 2 bridgehead atoms. The zero-order valence-electron chi connectivity index (χ0n) is 24.9. The van der Waals surface area contributed by atoms with E-state index < -0.39 is 17.7 Å². The number of carbonyl (C=O) groups excluding carboxylic acids is 1. The van der Waals surface area contributed by atoms with Gasteiger partial charge in [-0.2, -0.15) is 18.3 Å². The number of carboxylic acid groups (broad SMARTS) is 1. The Hall–Kier alpha value is -4.83. The van der Waals surface area contributed by atoms with Crippen LogP contribution in [-0.4, -0.2) is 96.4 Å². The summed E-state index contributed by atoms with van der Waals surface area (Å²) in [5.74, 6) is -3.17. The highest BCUT2D eigenvalue weighted by atomic mass is 19.4. The summed E-state index contributed by atoms with van der Waals surface area (Å²) in [5.41, 5.74) is 1.29. The van der Waals surface area contributed by atoms with Crippen LogP contribution in [-0.2, 0) is 11.3 Å². The summed E-state index contributed by atoms with van der Waals surface area (Å²) in [7, 11) is 0. The van der Waals surface area contributed by atoms with Gasteiger partial charge in [0, 0.05) is 49.5 Å². The lowest BCUT2D eigenvalue weighted by atomic mass is 9.91. The summed E-state index contributed by atoms with van der Waals surface area (Å²) in [5, 5.41) is 26.5. The molecule has 0 spiro atoms. The Labute approximate surface area is 264 Å². The number of aromatic nitrogens is 4. The maximum absolute atomic E-state index is 13.3. The number of likely N-dealkylation sites (tertiary alicyclic amines) is 1. The number of aliphatic carboxylic acids is 1. The minimum Gasteiger partial charge on any atom is -0.475 e. The highest BCUT2D eigenvalue weighted by molar-refractivity contribution is 5.94. The van der Waals surface area contributed by atoms with E-state index in [9.17, 15) is 32.3 Å². The minimum atomic E-state index is -5.08. The molecule has 47 heavy (non-hydrogen) atoms. The number of hydrogen-bond donors (Lipinski definition) is 3. The van der Waals surface area contributed by atoms with Crippen LogP contribution in [0.4, 0.5) is 23.2 Å². The van der Waals surface area contributed by atoms with Gasteiger partial charge < -0.3 is 25.3 Å². The quantitative estimate of drug-likeness (QED) is 0.276. The first-order valence-corrected chi connectivity index (χ1v) is 14.9. The Kier molecular flexibility index (Phi) is 8.48. The smallest absolute Gasteiger partial charge is 0.475 e. The van der Waals surface area contributed by atoms with Gasteiger partial charge in [-0.3, -0.25) is 14.2 Å². The lowest BCUT2D eigenvalue weighted by Crippen LogP contribution is -2.49.